The molecule has 0 saturated heterocycles. The zero-order valence-corrected chi connectivity index (χ0v) is 18.9. The Bertz CT molecular complexity index is 1200. The second kappa shape index (κ2) is 8.79. The molecule has 30 heavy (non-hydrogen) atoms. The van der Waals surface area contributed by atoms with Crippen LogP contribution < -0.4 is 15.8 Å². The van der Waals surface area contributed by atoms with Crippen LogP contribution in [0.1, 0.15) is 24.5 Å². The lowest BCUT2D eigenvalue weighted by Gasteiger charge is -2.18. The Morgan fingerprint density at radius 3 is 2.53 bits per heavy atom. The third-order valence-corrected chi connectivity index (χ3v) is 5.99. The number of nitrogens with one attached hydrogen (secondary N) is 1. The lowest BCUT2D eigenvalue weighted by Crippen LogP contribution is -2.36. The summed E-state index contributed by atoms with van der Waals surface area (Å²) in [4.78, 5) is 43.7. The molecule has 7 nitrogen and oxygen atoms in total. The van der Waals surface area contributed by atoms with Crippen molar-refractivity contribution in [3.8, 4) is 0 Å². The molecule has 3 aromatic rings. The first kappa shape index (κ1) is 21.7. The first-order valence-electron chi connectivity index (χ1n) is 9.56. The number of amides is 2. The monoisotopic (exact) mass is 470 g/mol. The van der Waals surface area contributed by atoms with E-state index in [1.54, 1.807) is 31.2 Å². The van der Waals surface area contributed by atoms with Crippen LogP contribution >= 0.6 is 15.9 Å². The van der Waals surface area contributed by atoms with E-state index in [2.05, 4.69) is 26.2 Å². The van der Waals surface area contributed by atoms with Gasteiger partial charge in [0.15, 0.2) is 0 Å². The Hall–Kier alpha value is -3.00. The summed E-state index contributed by atoms with van der Waals surface area (Å²) in [5.74, 6) is -0.565. The summed E-state index contributed by atoms with van der Waals surface area (Å²) in [6, 6.07) is 10.7. The van der Waals surface area contributed by atoms with Gasteiger partial charge in [0.1, 0.15) is 6.54 Å². The molecule has 1 N–H and O–H groups in total. The van der Waals surface area contributed by atoms with Gasteiger partial charge < -0.3 is 5.32 Å². The van der Waals surface area contributed by atoms with Gasteiger partial charge in [-0.2, -0.15) is 0 Å². The molecule has 1 aromatic heterocycles. The molecule has 0 bridgehead atoms. The van der Waals surface area contributed by atoms with E-state index in [9.17, 15) is 14.4 Å². The standard InChI is InChI=1S/C22H23BrN4O3/c1-5-20(29)26(4)21-22(30)27(18-9-7-6-8-17(18)25-21)12-19(28)24-16-11-10-15(23)13(2)14(16)3/h6-11H,5,12H2,1-4H3,(H,24,28). The molecule has 156 valence electrons. The molecule has 8 heteroatoms. The van der Waals surface area contributed by atoms with Gasteiger partial charge in [-0.3, -0.25) is 23.9 Å². The summed E-state index contributed by atoms with van der Waals surface area (Å²) < 4.78 is 2.32. The molecule has 0 fully saturated rings. The normalized spacial score (nSPS) is 10.8. The van der Waals surface area contributed by atoms with Crippen LogP contribution in [0.25, 0.3) is 11.0 Å². The number of nitrogens with zero attached hydrogens (tertiary/aromatic N) is 3. The number of fused-ring (bicyclic) bond motifs is 1. The van der Waals surface area contributed by atoms with Crippen LogP contribution in [0.5, 0.6) is 0 Å². The third-order valence-electron chi connectivity index (χ3n) is 5.13. The zero-order valence-electron chi connectivity index (χ0n) is 17.3. The fraction of sp³-hybridized carbons (Fsp3) is 0.273. The van der Waals surface area contributed by atoms with E-state index in [0.717, 1.165) is 15.6 Å². The fourth-order valence-electron chi connectivity index (χ4n) is 3.17. The molecular formula is C22H23BrN4O3. The molecule has 0 aliphatic heterocycles. The topological polar surface area (TPSA) is 84.3 Å². The van der Waals surface area contributed by atoms with Gasteiger partial charge in [-0.05, 0) is 49.2 Å². The van der Waals surface area contributed by atoms with Crippen LogP contribution in [0.4, 0.5) is 11.5 Å². The number of rotatable bonds is 5. The average Bonchev–Trinajstić information content (AvgIpc) is 2.74. The summed E-state index contributed by atoms with van der Waals surface area (Å²) in [5, 5.41) is 2.88. The highest BCUT2D eigenvalue weighted by molar-refractivity contribution is 9.10. The summed E-state index contributed by atoms with van der Waals surface area (Å²) in [6.07, 6.45) is 0.243. The van der Waals surface area contributed by atoms with Crippen molar-refractivity contribution in [1.29, 1.82) is 0 Å². The van der Waals surface area contributed by atoms with Crippen LogP contribution in [-0.4, -0.2) is 28.4 Å². The molecule has 0 saturated carbocycles. The minimum atomic E-state index is -0.489. The van der Waals surface area contributed by atoms with Crippen molar-refractivity contribution in [2.45, 2.75) is 33.7 Å². The predicted octanol–water partition coefficient (Wildman–Crippen LogP) is 3.79. The van der Waals surface area contributed by atoms with Crippen molar-refractivity contribution in [3.05, 3.63) is 62.4 Å². The number of hydrogen-bond donors (Lipinski definition) is 1. The minimum absolute atomic E-state index is 0.00372. The summed E-state index contributed by atoms with van der Waals surface area (Å²) in [7, 11) is 1.52. The highest BCUT2D eigenvalue weighted by atomic mass is 79.9. The maximum atomic E-state index is 13.1. The third kappa shape index (κ3) is 4.14. The molecule has 0 radical (unpaired) electrons. The maximum Gasteiger partial charge on any atom is 0.294 e. The van der Waals surface area contributed by atoms with Crippen molar-refractivity contribution in [2.24, 2.45) is 0 Å². The van der Waals surface area contributed by atoms with Gasteiger partial charge in [0.05, 0.1) is 11.0 Å². The number of carbonyl (C=O) groups is 2. The van der Waals surface area contributed by atoms with E-state index < -0.39 is 5.56 Å². The average molecular weight is 471 g/mol. The molecule has 0 aliphatic rings. The predicted molar refractivity (Wildman–Crippen MR) is 122 cm³/mol. The second-order valence-corrected chi connectivity index (χ2v) is 7.87. The Morgan fingerprint density at radius 1 is 1.13 bits per heavy atom. The quantitative estimate of drug-likeness (QED) is 0.614. The highest BCUT2D eigenvalue weighted by Gasteiger charge is 2.20. The minimum Gasteiger partial charge on any atom is -0.324 e. The van der Waals surface area contributed by atoms with Crippen LogP contribution in [0.2, 0.25) is 0 Å². The number of anilines is 2. The van der Waals surface area contributed by atoms with Gasteiger partial charge >= 0.3 is 0 Å². The number of halogens is 1. The molecule has 2 aromatic carbocycles. The second-order valence-electron chi connectivity index (χ2n) is 7.01. The molecule has 0 spiro atoms. The largest absolute Gasteiger partial charge is 0.324 e. The first-order valence-corrected chi connectivity index (χ1v) is 10.4. The Morgan fingerprint density at radius 2 is 1.83 bits per heavy atom. The zero-order chi connectivity index (χ0) is 22.0. The van der Waals surface area contributed by atoms with Crippen LogP contribution in [0.15, 0.2) is 45.7 Å². The van der Waals surface area contributed by atoms with Gasteiger partial charge in [0.25, 0.3) is 5.56 Å². The van der Waals surface area contributed by atoms with Crippen molar-refractivity contribution < 1.29 is 9.59 Å². The van der Waals surface area contributed by atoms with Crippen LogP contribution in [0.3, 0.4) is 0 Å². The van der Waals surface area contributed by atoms with Gasteiger partial charge in [-0.25, -0.2) is 4.98 Å². The molecule has 0 unspecified atom stereocenters. The maximum absolute atomic E-state index is 13.1. The van der Waals surface area contributed by atoms with E-state index in [1.807, 2.05) is 26.0 Å². The van der Waals surface area contributed by atoms with E-state index in [0.29, 0.717) is 16.7 Å². The molecule has 3 rings (SSSR count). The fourth-order valence-corrected chi connectivity index (χ4v) is 3.60. The van der Waals surface area contributed by atoms with Crippen molar-refractivity contribution in [2.75, 3.05) is 17.3 Å². The van der Waals surface area contributed by atoms with Crippen LogP contribution in [0, 0.1) is 13.8 Å². The smallest absolute Gasteiger partial charge is 0.294 e. The van der Waals surface area contributed by atoms with E-state index >= 15 is 0 Å². The lowest BCUT2D eigenvalue weighted by atomic mass is 10.1. The SMILES string of the molecule is CCC(=O)N(C)c1nc2ccccc2n(CC(=O)Nc2ccc(Br)c(C)c2C)c1=O. The van der Waals surface area contributed by atoms with Gasteiger partial charge in [-0.1, -0.05) is 35.0 Å². The number of para-hydroxylation sites is 2. The first-order chi connectivity index (χ1) is 14.2. The molecule has 0 atom stereocenters. The van der Waals surface area contributed by atoms with Gasteiger partial charge in [-0.15, -0.1) is 0 Å². The number of aromatic nitrogens is 2. The van der Waals surface area contributed by atoms with Crippen molar-refractivity contribution in [1.82, 2.24) is 9.55 Å². The number of hydrogen-bond acceptors (Lipinski definition) is 4. The van der Waals surface area contributed by atoms with Crippen LogP contribution in [-0.2, 0) is 16.1 Å². The Balaban J connectivity index is 2.02. The highest BCUT2D eigenvalue weighted by Crippen LogP contribution is 2.26. The molecule has 2 amide bonds. The lowest BCUT2D eigenvalue weighted by molar-refractivity contribution is -0.118. The van der Waals surface area contributed by atoms with E-state index in [-0.39, 0.29) is 30.6 Å². The Kier molecular flexibility index (Phi) is 6.36. The molecule has 0 aliphatic carbocycles. The number of carbonyl (C=O) groups excluding carboxylic acids is 2. The summed E-state index contributed by atoms with van der Waals surface area (Å²) in [6.45, 7) is 5.40. The summed E-state index contributed by atoms with van der Waals surface area (Å²) >= 11 is 3.48. The van der Waals surface area contributed by atoms with Gasteiger partial charge in [0.2, 0.25) is 17.6 Å². The van der Waals surface area contributed by atoms with Gasteiger partial charge in [0, 0.05) is 23.6 Å². The summed E-state index contributed by atoms with van der Waals surface area (Å²) in [5.41, 5.74) is 3.23. The van der Waals surface area contributed by atoms with Crippen molar-refractivity contribution in [3.63, 3.8) is 0 Å². The van der Waals surface area contributed by atoms with E-state index in [4.69, 9.17) is 0 Å². The Labute approximate surface area is 182 Å². The van der Waals surface area contributed by atoms with Crippen molar-refractivity contribution >= 4 is 50.3 Å². The number of benzene rings is 2. The molecule has 1 heterocycles. The van der Waals surface area contributed by atoms with E-state index in [1.165, 1.54) is 16.5 Å². The molecular weight excluding hydrogens is 448 g/mol.